The minimum atomic E-state index is -1.20. The minimum Gasteiger partial charge on any atom is -0.323 e. The van der Waals surface area contributed by atoms with Crippen LogP contribution < -0.4 is 10.6 Å². The van der Waals surface area contributed by atoms with Crippen molar-refractivity contribution in [1.82, 2.24) is 10.2 Å². The number of carbonyl (C=O) groups excluding carboxylic acids is 3. The van der Waals surface area contributed by atoms with E-state index in [4.69, 9.17) is 11.6 Å². The van der Waals surface area contributed by atoms with Gasteiger partial charge >= 0.3 is 6.03 Å². The molecule has 7 heteroatoms. The highest BCUT2D eigenvalue weighted by atomic mass is 35.5. The molecule has 1 saturated heterocycles. The van der Waals surface area contributed by atoms with Gasteiger partial charge in [0.1, 0.15) is 12.1 Å². The number of carbonyl (C=O) groups is 3. The third kappa shape index (κ3) is 3.28. The van der Waals surface area contributed by atoms with Gasteiger partial charge in [-0.15, -0.1) is 0 Å². The number of aryl methyl sites for hydroxylation is 1. The fourth-order valence-corrected chi connectivity index (χ4v) is 3.00. The van der Waals surface area contributed by atoms with Gasteiger partial charge in [0.2, 0.25) is 5.91 Å². The first-order valence-corrected chi connectivity index (χ1v) is 8.45. The minimum absolute atomic E-state index is 0.377. The average Bonchev–Trinajstić information content (AvgIpc) is 2.82. The van der Waals surface area contributed by atoms with Gasteiger partial charge in [-0.1, -0.05) is 53.6 Å². The van der Waals surface area contributed by atoms with E-state index in [9.17, 15) is 14.4 Å². The summed E-state index contributed by atoms with van der Waals surface area (Å²) in [5.41, 5.74) is 0.934. The van der Waals surface area contributed by atoms with E-state index < -0.39 is 29.9 Å². The summed E-state index contributed by atoms with van der Waals surface area (Å²) in [6.45, 7) is 3.17. The number of hydrogen-bond donors (Lipinski definition) is 2. The molecule has 134 valence electrons. The van der Waals surface area contributed by atoms with Gasteiger partial charge in [0.25, 0.3) is 5.91 Å². The Morgan fingerprint density at radius 3 is 2.46 bits per heavy atom. The molecule has 3 rings (SSSR count). The first-order chi connectivity index (χ1) is 12.3. The molecular formula is C19H18ClN3O3. The van der Waals surface area contributed by atoms with Crippen LogP contribution in [0.15, 0.2) is 48.5 Å². The SMILES string of the molecule is Cc1ccc([C@]2(C)NC(=O)N(CC(=O)Nc3ccccc3Cl)C2=O)cc1. The molecule has 1 aliphatic rings. The lowest BCUT2D eigenvalue weighted by Crippen LogP contribution is -2.42. The van der Waals surface area contributed by atoms with Crippen LogP contribution in [0.2, 0.25) is 5.02 Å². The van der Waals surface area contributed by atoms with Gasteiger partial charge in [-0.05, 0) is 31.5 Å². The number of halogens is 1. The molecule has 0 spiro atoms. The molecule has 0 aliphatic carbocycles. The quantitative estimate of drug-likeness (QED) is 0.811. The van der Waals surface area contributed by atoms with Crippen LogP contribution in [0.5, 0.6) is 0 Å². The number of rotatable bonds is 4. The Morgan fingerprint density at radius 1 is 1.15 bits per heavy atom. The Kier molecular flexibility index (Phi) is 4.70. The van der Waals surface area contributed by atoms with E-state index in [0.29, 0.717) is 16.3 Å². The molecule has 0 aromatic heterocycles. The number of benzene rings is 2. The molecule has 26 heavy (non-hydrogen) atoms. The van der Waals surface area contributed by atoms with E-state index in [1.54, 1.807) is 43.3 Å². The maximum absolute atomic E-state index is 12.8. The van der Waals surface area contributed by atoms with E-state index >= 15 is 0 Å². The van der Waals surface area contributed by atoms with Crippen molar-refractivity contribution in [2.75, 3.05) is 11.9 Å². The molecule has 0 saturated carbocycles. The standard InChI is InChI=1S/C19H18ClN3O3/c1-12-7-9-13(10-8-12)19(2)17(25)23(18(26)22-19)11-16(24)21-15-6-4-3-5-14(15)20/h3-10H,11H2,1-2H3,(H,21,24)(H,22,26)/t19-/m0/s1. The van der Waals surface area contributed by atoms with Crippen molar-refractivity contribution >= 4 is 35.1 Å². The zero-order chi connectivity index (χ0) is 18.9. The fourth-order valence-electron chi connectivity index (χ4n) is 2.82. The molecule has 0 unspecified atom stereocenters. The third-order valence-electron chi connectivity index (χ3n) is 4.35. The summed E-state index contributed by atoms with van der Waals surface area (Å²) in [6, 6.07) is 13.5. The molecule has 4 amide bonds. The van der Waals surface area contributed by atoms with Crippen molar-refractivity contribution < 1.29 is 14.4 Å². The summed E-state index contributed by atoms with van der Waals surface area (Å²) in [6.07, 6.45) is 0. The van der Waals surface area contributed by atoms with Crippen LogP contribution in [0.1, 0.15) is 18.1 Å². The number of anilines is 1. The summed E-state index contributed by atoms with van der Waals surface area (Å²) in [4.78, 5) is 38.3. The average molecular weight is 372 g/mol. The second-order valence-corrected chi connectivity index (χ2v) is 6.75. The van der Waals surface area contributed by atoms with Gasteiger partial charge in [0.05, 0.1) is 10.7 Å². The third-order valence-corrected chi connectivity index (χ3v) is 4.68. The van der Waals surface area contributed by atoms with Crippen molar-refractivity contribution in [1.29, 1.82) is 0 Å². The molecule has 0 radical (unpaired) electrons. The van der Waals surface area contributed by atoms with Crippen molar-refractivity contribution in [3.8, 4) is 0 Å². The topological polar surface area (TPSA) is 78.5 Å². The zero-order valence-electron chi connectivity index (χ0n) is 14.4. The Balaban J connectivity index is 1.76. The molecule has 0 bridgehead atoms. The highest BCUT2D eigenvalue weighted by Crippen LogP contribution is 2.29. The molecule has 1 aliphatic heterocycles. The van der Waals surface area contributed by atoms with E-state index in [1.165, 1.54) is 0 Å². The summed E-state index contributed by atoms with van der Waals surface area (Å²) < 4.78 is 0. The highest BCUT2D eigenvalue weighted by Gasteiger charge is 2.49. The van der Waals surface area contributed by atoms with Gasteiger partial charge in [0.15, 0.2) is 0 Å². The number of amides is 4. The Hall–Kier alpha value is -2.86. The van der Waals surface area contributed by atoms with Crippen LogP contribution in [0.3, 0.4) is 0 Å². The Bertz CT molecular complexity index is 882. The molecule has 2 aromatic carbocycles. The number of nitrogens with one attached hydrogen (secondary N) is 2. The maximum Gasteiger partial charge on any atom is 0.325 e. The smallest absolute Gasteiger partial charge is 0.323 e. The van der Waals surface area contributed by atoms with E-state index in [2.05, 4.69) is 10.6 Å². The van der Waals surface area contributed by atoms with Gasteiger partial charge in [0, 0.05) is 0 Å². The molecule has 1 atom stereocenters. The first-order valence-electron chi connectivity index (χ1n) is 8.07. The highest BCUT2D eigenvalue weighted by molar-refractivity contribution is 6.33. The van der Waals surface area contributed by atoms with Gasteiger partial charge in [-0.3, -0.25) is 14.5 Å². The van der Waals surface area contributed by atoms with Crippen molar-refractivity contribution in [3.63, 3.8) is 0 Å². The zero-order valence-corrected chi connectivity index (χ0v) is 15.1. The fraction of sp³-hybridized carbons (Fsp3) is 0.211. The van der Waals surface area contributed by atoms with Crippen molar-refractivity contribution in [3.05, 3.63) is 64.7 Å². The van der Waals surface area contributed by atoms with Crippen LogP contribution >= 0.6 is 11.6 Å². The van der Waals surface area contributed by atoms with Crippen LogP contribution in [0.25, 0.3) is 0 Å². The van der Waals surface area contributed by atoms with E-state index in [0.717, 1.165) is 10.5 Å². The molecule has 2 N–H and O–H groups in total. The monoisotopic (exact) mass is 371 g/mol. The van der Waals surface area contributed by atoms with Crippen molar-refractivity contribution in [2.24, 2.45) is 0 Å². The largest absolute Gasteiger partial charge is 0.325 e. The second-order valence-electron chi connectivity index (χ2n) is 6.34. The molecular weight excluding hydrogens is 354 g/mol. The lowest BCUT2D eigenvalue weighted by atomic mass is 9.91. The molecule has 1 fully saturated rings. The van der Waals surface area contributed by atoms with Gasteiger partial charge in [-0.25, -0.2) is 4.79 Å². The second kappa shape index (κ2) is 6.80. The Labute approximate surface area is 156 Å². The van der Waals surface area contributed by atoms with E-state index in [1.807, 2.05) is 19.1 Å². The number of para-hydroxylation sites is 1. The maximum atomic E-state index is 12.8. The summed E-state index contributed by atoms with van der Waals surface area (Å²) in [5.74, 6) is -0.976. The summed E-state index contributed by atoms with van der Waals surface area (Å²) in [7, 11) is 0. The van der Waals surface area contributed by atoms with Crippen LogP contribution in [-0.2, 0) is 15.1 Å². The van der Waals surface area contributed by atoms with Crippen LogP contribution in [0.4, 0.5) is 10.5 Å². The number of urea groups is 1. The van der Waals surface area contributed by atoms with Crippen molar-refractivity contribution in [2.45, 2.75) is 19.4 Å². The lowest BCUT2D eigenvalue weighted by Gasteiger charge is -2.22. The van der Waals surface area contributed by atoms with Crippen LogP contribution in [-0.4, -0.2) is 29.3 Å². The normalized spacial score (nSPS) is 19.4. The summed E-state index contributed by atoms with van der Waals surface area (Å²) in [5, 5.41) is 5.66. The van der Waals surface area contributed by atoms with Gasteiger partial charge in [-0.2, -0.15) is 0 Å². The summed E-state index contributed by atoms with van der Waals surface area (Å²) >= 11 is 6.01. The Morgan fingerprint density at radius 2 is 1.81 bits per heavy atom. The first kappa shape index (κ1) is 17.9. The molecule has 1 heterocycles. The molecule has 2 aromatic rings. The number of hydrogen-bond acceptors (Lipinski definition) is 3. The number of nitrogens with zero attached hydrogens (tertiary/aromatic N) is 1. The predicted octanol–water partition coefficient (Wildman–Crippen LogP) is 3.05. The van der Waals surface area contributed by atoms with Gasteiger partial charge < -0.3 is 10.6 Å². The lowest BCUT2D eigenvalue weighted by molar-refractivity contribution is -0.133. The molecule has 6 nitrogen and oxygen atoms in total. The van der Waals surface area contributed by atoms with Crippen LogP contribution in [0, 0.1) is 6.92 Å². The van der Waals surface area contributed by atoms with E-state index in [-0.39, 0.29) is 0 Å². The number of imide groups is 1. The predicted molar refractivity (Wildman–Crippen MR) is 98.9 cm³/mol.